The number of amides is 1. The molecule has 0 saturated heterocycles. The van der Waals surface area contributed by atoms with Crippen molar-refractivity contribution < 1.29 is 9.53 Å². The lowest BCUT2D eigenvalue weighted by Gasteiger charge is -1.92. The van der Waals surface area contributed by atoms with E-state index in [9.17, 15) is 4.79 Å². The minimum Gasteiger partial charge on any atom is -0.449 e. The third kappa shape index (κ3) is 9.40. The molecule has 0 aromatic rings. The number of hydrogen-bond donors (Lipinski definition) is 1. The first kappa shape index (κ1) is 10.9. The molecule has 0 radical (unpaired) electrons. The van der Waals surface area contributed by atoms with Crippen LogP contribution in [0.4, 0.5) is 4.79 Å². The fourth-order valence-corrected chi connectivity index (χ4v) is 0.301. The van der Waals surface area contributed by atoms with E-state index in [1.165, 1.54) is 0 Å². The van der Waals surface area contributed by atoms with Gasteiger partial charge in [-0.1, -0.05) is 15.9 Å². The molecule has 0 rings (SSSR count). The van der Waals surface area contributed by atoms with E-state index in [0.29, 0.717) is 11.9 Å². The van der Waals surface area contributed by atoms with Gasteiger partial charge in [-0.15, -0.1) is 12.4 Å². The van der Waals surface area contributed by atoms with Gasteiger partial charge in [-0.25, -0.2) is 4.79 Å². The van der Waals surface area contributed by atoms with Crippen molar-refractivity contribution in [2.45, 2.75) is 0 Å². The molecule has 0 spiro atoms. The van der Waals surface area contributed by atoms with Crippen LogP contribution in [-0.4, -0.2) is 18.0 Å². The van der Waals surface area contributed by atoms with Gasteiger partial charge in [0.1, 0.15) is 6.61 Å². The Kier molecular flexibility index (Phi) is 9.61. The standard InChI is InChI=1S/C3H6BrNO2.ClH/c4-1-2-7-3(5)6;/h1-2H2,(H2,5,6);1H. The van der Waals surface area contributed by atoms with Crippen molar-refractivity contribution in [3.8, 4) is 0 Å². The first-order valence-corrected chi connectivity index (χ1v) is 2.87. The van der Waals surface area contributed by atoms with Crippen molar-refractivity contribution in [2.24, 2.45) is 5.73 Å². The number of nitrogens with two attached hydrogens (primary N) is 1. The van der Waals surface area contributed by atoms with Crippen molar-refractivity contribution in [2.75, 3.05) is 11.9 Å². The summed E-state index contributed by atoms with van der Waals surface area (Å²) in [5.41, 5.74) is 4.60. The predicted molar refractivity (Wildman–Crippen MR) is 36.6 cm³/mol. The molecule has 0 bridgehead atoms. The topological polar surface area (TPSA) is 52.3 Å². The molecular weight excluding hydrogens is 197 g/mol. The summed E-state index contributed by atoms with van der Waals surface area (Å²) < 4.78 is 4.28. The van der Waals surface area contributed by atoms with Crippen LogP contribution in [0.2, 0.25) is 0 Å². The van der Waals surface area contributed by atoms with Crippen LogP contribution >= 0.6 is 28.3 Å². The molecule has 0 heterocycles. The Morgan fingerprint density at radius 1 is 1.75 bits per heavy atom. The molecule has 3 nitrogen and oxygen atoms in total. The predicted octanol–water partition coefficient (Wildman–Crippen LogP) is 0.898. The monoisotopic (exact) mass is 203 g/mol. The van der Waals surface area contributed by atoms with Crippen LogP contribution in [0, 0.1) is 0 Å². The molecule has 0 saturated carbocycles. The number of carbonyl (C=O) groups is 1. The summed E-state index contributed by atoms with van der Waals surface area (Å²) in [5, 5.41) is 0.635. The van der Waals surface area contributed by atoms with E-state index in [2.05, 4.69) is 26.4 Å². The summed E-state index contributed by atoms with van der Waals surface area (Å²) in [6, 6.07) is 0. The second-order valence-electron chi connectivity index (χ2n) is 0.856. The summed E-state index contributed by atoms with van der Waals surface area (Å²) in [6.07, 6.45) is -0.723. The summed E-state index contributed by atoms with van der Waals surface area (Å²) in [5.74, 6) is 0. The van der Waals surface area contributed by atoms with Crippen molar-refractivity contribution in [1.82, 2.24) is 0 Å². The minimum atomic E-state index is -0.723. The zero-order valence-electron chi connectivity index (χ0n) is 4.09. The zero-order valence-corrected chi connectivity index (χ0v) is 6.50. The van der Waals surface area contributed by atoms with Crippen molar-refractivity contribution in [1.29, 1.82) is 0 Å². The summed E-state index contributed by atoms with van der Waals surface area (Å²) in [7, 11) is 0. The largest absolute Gasteiger partial charge is 0.449 e. The summed E-state index contributed by atoms with van der Waals surface area (Å²) >= 11 is 3.05. The Balaban J connectivity index is 0. The lowest BCUT2D eigenvalue weighted by molar-refractivity contribution is 0.164. The quantitative estimate of drug-likeness (QED) is 0.680. The molecule has 0 fully saturated rings. The first-order chi connectivity index (χ1) is 3.27. The number of ether oxygens (including phenoxy) is 1. The molecule has 0 atom stereocenters. The molecule has 8 heavy (non-hydrogen) atoms. The van der Waals surface area contributed by atoms with E-state index in [1.807, 2.05) is 0 Å². The summed E-state index contributed by atoms with van der Waals surface area (Å²) in [6.45, 7) is 0.343. The van der Waals surface area contributed by atoms with E-state index in [4.69, 9.17) is 0 Å². The van der Waals surface area contributed by atoms with Gasteiger partial charge in [0.25, 0.3) is 0 Å². The van der Waals surface area contributed by atoms with Crippen LogP contribution in [0.1, 0.15) is 0 Å². The highest BCUT2D eigenvalue weighted by molar-refractivity contribution is 9.09. The molecule has 1 amide bonds. The van der Waals surface area contributed by atoms with Crippen molar-refractivity contribution in [3.05, 3.63) is 0 Å². The SMILES string of the molecule is Cl.NC(=O)OCCBr. The molecule has 0 aliphatic heterocycles. The molecular formula is C3H7BrClNO2. The first-order valence-electron chi connectivity index (χ1n) is 1.75. The van der Waals surface area contributed by atoms with Crippen LogP contribution in [0.25, 0.3) is 0 Å². The number of hydrogen-bond acceptors (Lipinski definition) is 2. The number of carbonyl (C=O) groups excluding carboxylic acids is 1. The van der Waals surface area contributed by atoms with Gasteiger partial charge in [0, 0.05) is 5.33 Å². The lowest BCUT2D eigenvalue weighted by Crippen LogP contribution is -2.13. The Morgan fingerprint density at radius 2 is 2.25 bits per heavy atom. The van der Waals surface area contributed by atoms with Gasteiger partial charge in [0.05, 0.1) is 0 Å². The Bertz CT molecular complexity index is 70.3. The highest BCUT2D eigenvalue weighted by Gasteiger charge is 1.87. The number of halogens is 2. The van der Waals surface area contributed by atoms with Gasteiger partial charge in [0.15, 0.2) is 0 Å². The lowest BCUT2D eigenvalue weighted by atomic mass is 10.9. The number of alkyl halides is 1. The van der Waals surface area contributed by atoms with Crippen LogP contribution in [0.5, 0.6) is 0 Å². The summed E-state index contributed by atoms with van der Waals surface area (Å²) in [4.78, 5) is 9.74. The van der Waals surface area contributed by atoms with E-state index in [-0.39, 0.29) is 12.4 Å². The fourth-order valence-electron chi connectivity index (χ4n) is 0.139. The zero-order chi connectivity index (χ0) is 5.70. The second-order valence-corrected chi connectivity index (χ2v) is 1.65. The molecule has 0 unspecified atom stereocenters. The van der Waals surface area contributed by atoms with Gasteiger partial charge in [-0.05, 0) is 0 Å². The van der Waals surface area contributed by atoms with Gasteiger partial charge in [-0.2, -0.15) is 0 Å². The van der Waals surface area contributed by atoms with Gasteiger partial charge in [0.2, 0.25) is 0 Å². The maximum absolute atomic E-state index is 9.74. The van der Waals surface area contributed by atoms with Crippen molar-refractivity contribution in [3.63, 3.8) is 0 Å². The smallest absolute Gasteiger partial charge is 0.404 e. The normalized spacial score (nSPS) is 7.12. The van der Waals surface area contributed by atoms with Gasteiger partial charge < -0.3 is 10.5 Å². The maximum atomic E-state index is 9.74. The van der Waals surface area contributed by atoms with E-state index in [0.717, 1.165) is 0 Å². The highest BCUT2D eigenvalue weighted by Crippen LogP contribution is 1.79. The van der Waals surface area contributed by atoms with Crippen LogP contribution < -0.4 is 5.73 Å². The Hall–Kier alpha value is 0.0400. The third-order valence-electron chi connectivity index (χ3n) is 0.321. The average Bonchev–Trinajstić information content (AvgIpc) is 1.61. The van der Waals surface area contributed by atoms with E-state index < -0.39 is 6.09 Å². The van der Waals surface area contributed by atoms with E-state index in [1.54, 1.807) is 0 Å². The number of rotatable bonds is 2. The van der Waals surface area contributed by atoms with Crippen LogP contribution in [-0.2, 0) is 4.74 Å². The average molecular weight is 204 g/mol. The highest BCUT2D eigenvalue weighted by atomic mass is 79.9. The molecule has 50 valence electrons. The Labute approximate surface area is 62.1 Å². The molecule has 5 heteroatoms. The maximum Gasteiger partial charge on any atom is 0.404 e. The number of primary amides is 1. The van der Waals surface area contributed by atoms with Gasteiger partial charge in [-0.3, -0.25) is 0 Å². The molecule has 0 aromatic heterocycles. The molecule has 0 aromatic carbocycles. The minimum absolute atomic E-state index is 0. The Morgan fingerprint density at radius 3 is 2.38 bits per heavy atom. The molecule has 2 N–H and O–H groups in total. The third-order valence-corrected chi connectivity index (χ3v) is 0.645. The van der Waals surface area contributed by atoms with E-state index >= 15 is 0 Å². The van der Waals surface area contributed by atoms with Crippen molar-refractivity contribution >= 4 is 34.4 Å². The molecule has 0 aliphatic rings. The van der Waals surface area contributed by atoms with Crippen LogP contribution in [0.3, 0.4) is 0 Å². The fraction of sp³-hybridized carbons (Fsp3) is 0.667. The second kappa shape index (κ2) is 7.04. The van der Waals surface area contributed by atoms with Crippen LogP contribution in [0.15, 0.2) is 0 Å². The molecule has 0 aliphatic carbocycles. The van der Waals surface area contributed by atoms with Gasteiger partial charge >= 0.3 is 6.09 Å².